The fourth-order valence-corrected chi connectivity index (χ4v) is 5.24. The number of aromatic nitrogens is 1. The summed E-state index contributed by atoms with van der Waals surface area (Å²) in [6, 6.07) is 10.9. The highest BCUT2D eigenvalue weighted by molar-refractivity contribution is 7.89. The predicted octanol–water partition coefficient (Wildman–Crippen LogP) is 2.93. The zero-order valence-corrected chi connectivity index (χ0v) is 18.5. The molecule has 1 fully saturated rings. The number of pyridine rings is 1. The van der Waals surface area contributed by atoms with Crippen LogP contribution in [0.4, 0.5) is 0 Å². The molecule has 8 heteroatoms. The zero-order valence-electron chi connectivity index (χ0n) is 17.7. The van der Waals surface area contributed by atoms with E-state index in [2.05, 4.69) is 10.3 Å². The second-order valence-electron chi connectivity index (χ2n) is 7.78. The first-order valence-electron chi connectivity index (χ1n) is 10.2. The molecule has 0 aliphatic carbocycles. The van der Waals surface area contributed by atoms with E-state index in [0.717, 1.165) is 11.3 Å². The second-order valence-corrected chi connectivity index (χ2v) is 9.69. The molecule has 30 heavy (non-hydrogen) atoms. The van der Waals surface area contributed by atoms with Gasteiger partial charge in [0, 0.05) is 25.2 Å². The summed E-state index contributed by atoms with van der Waals surface area (Å²) in [5.41, 5.74) is 1.74. The Bertz CT molecular complexity index is 969. The van der Waals surface area contributed by atoms with Crippen molar-refractivity contribution in [1.29, 1.82) is 0 Å². The SMILES string of the molecule is COc1ccc(C(C)C)cc1S(=O)(=O)N1CCC(C(=O)NCc2ccccn2)CC1. The maximum absolute atomic E-state index is 13.3. The molecule has 7 nitrogen and oxygen atoms in total. The topological polar surface area (TPSA) is 88.6 Å². The summed E-state index contributed by atoms with van der Waals surface area (Å²) < 4.78 is 33.3. The van der Waals surface area contributed by atoms with Crippen molar-refractivity contribution in [3.05, 3.63) is 53.9 Å². The van der Waals surface area contributed by atoms with Crippen LogP contribution >= 0.6 is 0 Å². The molecule has 1 saturated heterocycles. The molecule has 0 spiro atoms. The molecule has 1 aliphatic heterocycles. The average Bonchev–Trinajstić information content (AvgIpc) is 2.77. The molecular formula is C22H29N3O4S. The minimum absolute atomic E-state index is 0.0583. The van der Waals surface area contributed by atoms with Crippen molar-refractivity contribution < 1.29 is 17.9 Å². The molecular weight excluding hydrogens is 402 g/mol. The minimum Gasteiger partial charge on any atom is -0.495 e. The number of amides is 1. The summed E-state index contributed by atoms with van der Waals surface area (Å²) in [6.07, 6.45) is 2.66. The molecule has 3 rings (SSSR count). The van der Waals surface area contributed by atoms with Gasteiger partial charge < -0.3 is 10.1 Å². The first kappa shape index (κ1) is 22.2. The van der Waals surface area contributed by atoms with Crippen LogP contribution in [-0.4, -0.2) is 43.8 Å². The third-order valence-corrected chi connectivity index (χ3v) is 7.39. The van der Waals surface area contributed by atoms with Crippen LogP contribution < -0.4 is 10.1 Å². The number of nitrogens with zero attached hydrogens (tertiary/aromatic N) is 2. The lowest BCUT2D eigenvalue weighted by molar-refractivity contribution is -0.126. The van der Waals surface area contributed by atoms with Gasteiger partial charge in [-0.1, -0.05) is 26.0 Å². The molecule has 162 valence electrons. The van der Waals surface area contributed by atoms with Crippen LogP contribution in [0.3, 0.4) is 0 Å². The van der Waals surface area contributed by atoms with Crippen LogP contribution in [0, 0.1) is 5.92 Å². The van der Waals surface area contributed by atoms with Crippen LogP contribution in [0.15, 0.2) is 47.5 Å². The standard InChI is InChI=1S/C22H29N3O4S/c1-16(2)18-7-8-20(29-3)21(14-18)30(27,28)25-12-9-17(10-13-25)22(26)24-15-19-6-4-5-11-23-19/h4-8,11,14,16-17H,9-10,12-13,15H2,1-3H3,(H,24,26). The molecule has 1 aromatic heterocycles. The van der Waals surface area contributed by atoms with Gasteiger partial charge in [-0.15, -0.1) is 0 Å². The maximum Gasteiger partial charge on any atom is 0.246 e. The number of rotatable bonds is 7. The first-order chi connectivity index (χ1) is 14.3. The van der Waals surface area contributed by atoms with Crippen LogP contribution in [-0.2, 0) is 21.4 Å². The van der Waals surface area contributed by atoms with E-state index in [-0.39, 0.29) is 22.6 Å². The third-order valence-electron chi connectivity index (χ3n) is 5.47. The molecule has 1 aromatic carbocycles. The van der Waals surface area contributed by atoms with Gasteiger partial charge in [-0.25, -0.2) is 8.42 Å². The highest BCUT2D eigenvalue weighted by Crippen LogP contribution is 2.32. The quantitative estimate of drug-likeness (QED) is 0.728. The monoisotopic (exact) mass is 431 g/mol. The Balaban J connectivity index is 1.65. The molecule has 2 heterocycles. The molecule has 0 saturated carbocycles. The van der Waals surface area contributed by atoms with Gasteiger partial charge in [0.05, 0.1) is 19.3 Å². The molecule has 1 N–H and O–H groups in total. The van der Waals surface area contributed by atoms with Gasteiger partial charge in [0.25, 0.3) is 0 Å². The van der Waals surface area contributed by atoms with Crippen molar-refractivity contribution in [3.8, 4) is 5.75 Å². The van der Waals surface area contributed by atoms with E-state index in [9.17, 15) is 13.2 Å². The summed E-state index contributed by atoms with van der Waals surface area (Å²) in [5.74, 6) is 0.286. The molecule has 0 atom stereocenters. The lowest BCUT2D eigenvalue weighted by Crippen LogP contribution is -2.43. The fraction of sp³-hybridized carbons (Fsp3) is 0.455. The molecule has 0 unspecified atom stereocenters. The molecule has 0 bridgehead atoms. The maximum atomic E-state index is 13.3. The van der Waals surface area contributed by atoms with Crippen LogP contribution in [0.2, 0.25) is 0 Å². The van der Waals surface area contributed by atoms with Crippen LogP contribution in [0.25, 0.3) is 0 Å². The zero-order chi connectivity index (χ0) is 21.7. The summed E-state index contributed by atoms with van der Waals surface area (Å²) in [5, 5.41) is 2.90. The lowest BCUT2D eigenvalue weighted by Gasteiger charge is -2.31. The Kier molecular flexibility index (Phi) is 7.10. The van der Waals surface area contributed by atoms with E-state index in [1.165, 1.54) is 11.4 Å². The van der Waals surface area contributed by atoms with E-state index in [1.54, 1.807) is 18.3 Å². The number of carbonyl (C=O) groups excluding carboxylic acids is 1. The normalized spacial score (nSPS) is 15.9. The highest BCUT2D eigenvalue weighted by atomic mass is 32.2. The van der Waals surface area contributed by atoms with E-state index in [1.807, 2.05) is 38.1 Å². The van der Waals surface area contributed by atoms with Gasteiger partial charge in [-0.3, -0.25) is 9.78 Å². The number of piperidine rings is 1. The van der Waals surface area contributed by atoms with Crippen molar-refractivity contribution in [3.63, 3.8) is 0 Å². The fourth-order valence-electron chi connectivity index (χ4n) is 3.58. The number of nitrogens with one attached hydrogen (secondary N) is 1. The van der Waals surface area contributed by atoms with E-state index in [0.29, 0.717) is 38.2 Å². The van der Waals surface area contributed by atoms with Crippen LogP contribution in [0.5, 0.6) is 5.75 Å². The number of hydrogen-bond donors (Lipinski definition) is 1. The van der Waals surface area contributed by atoms with Gasteiger partial charge in [-0.2, -0.15) is 4.31 Å². The number of carbonyl (C=O) groups is 1. The Morgan fingerprint density at radius 1 is 1.23 bits per heavy atom. The first-order valence-corrected chi connectivity index (χ1v) is 11.6. The summed E-state index contributed by atoms with van der Waals surface area (Å²) in [4.78, 5) is 16.9. The second kappa shape index (κ2) is 9.57. The number of methoxy groups -OCH3 is 1. The Hall–Kier alpha value is -2.45. The Labute approximate surface area is 178 Å². The smallest absolute Gasteiger partial charge is 0.246 e. The molecule has 2 aromatic rings. The van der Waals surface area contributed by atoms with Gasteiger partial charge in [-0.05, 0) is 48.6 Å². The highest BCUT2D eigenvalue weighted by Gasteiger charge is 2.34. The average molecular weight is 432 g/mol. The number of hydrogen-bond acceptors (Lipinski definition) is 5. The Morgan fingerprint density at radius 2 is 1.97 bits per heavy atom. The van der Waals surface area contributed by atoms with E-state index < -0.39 is 10.0 Å². The van der Waals surface area contributed by atoms with Crippen molar-refractivity contribution in [1.82, 2.24) is 14.6 Å². The molecule has 0 radical (unpaired) electrons. The van der Waals surface area contributed by atoms with E-state index in [4.69, 9.17) is 4.74 Å². The lowest BCUT2D eigenvalue weighted by atomic mass is 9.97. The van der Waals surface area contributed by atoms with Crippen molar-refractivity contribution in [2.24, 2.45) is 5.92 Å². The van der Waals surface area contributed by atoms with Gasteiger partial charge in [0.1, 0.15) is 10.6 Å². The van der Waals surface area contributed by atoms with Gasteiger partial charge >= 0.3 is 0 Å². The largest absolute Gasteiger partial charge is 0.495 e. The third kappa shape index (κ3) is 4.99. The Morgan fingerprint density at radius 3 is 2.57 bits per heavy atom. The van der Waals surface area contributed by atoms with Crippen molar-refractivity contribution >= 4 is 15.9 Å². The van der Waals surface area contributed by atoms with Gasteiger partial charge in [0.15, 0.2) is 0 Å². The summed E-state index contributed by atoms with van der Waals surface area (Å²) >= 11 is 0. The van der Waals surface area contributed by atoms with E-state index >= 15 is 0 Å². The number of benzene rings is 1. The predicted molar refractivity (Wildman–Crippen MR) is 115 cm³/mol. The summed E-state index contributed by atoms with van der Waals surface area (Å²) in [6.45, 7) is 5.02. The van der Waals surface area contributed by atoms with Gasteiger partial charge in [0.2, 0.25) is 15.9 Å². The molecule has 1 amide bonds. The molecule has 1 aliphatic rings. The van der Waals surface area contributed by atoms with Crippen molar-refractivity contribution in [2.45, 2.75) is 44.0 Å². The number of sulfonamides is 1. The number of ether oxygens (including phenoxy) is 1. The van der Waals surface area contributed by atoms with Crippen molar-refractivity contribution in [2.75, 3.05) is 20.2 Å². The van der Waals surface area contributed by atoms with Crippen LogP contribution in [0.1, 0.15) is 43.9 Å². The minimum atomic E-state index is -3.70. The summed E-state index contributed by atoms with van der Waals surface area (Å²) in [7, 11) is -2.22.